The van der Waals surface area contributed by atoms with Crippen molar-refractivity contribution in [2.75, 3.05) is 11.9 Å². The van der Waals surface area contributed by atoms with Gasteiger partial charge in [0, 0.05) is 12.1 Å². The molecule has 0 saturated heterocycles. The Morgan fingerprint density at radius 3 is 2.68 bits per heavy atom. The lowest BCUT2D eigenvalue weighted by molar-refractivity contribution is -0.116. The van der Waals surface area contributed by atoms with Crippen molar-refractivity contribution in [2.45, 2.75) is 25.9 Å². The number of nitrogens with one attached hydrogen (secondary N) is 1. The van der Waals surface area contributed by atoms with Crippen molar-refractivity contribution in [1.29, 1.82) is 0 Å². The molecule has 22 heavy (non-hydrogen) atoms. The number of aryl methyl sites for hydroxylation is 1. The van der Waals surface area contributed by atoms with E-state index in [1.165, 1.54) is 0 Å². The fourth-order valence-corrected chi connectivity index (χ4v) is 2.42. The van der Waals surface area contributed by atoms with E-state index in [9.17, 15) is 4.79 Å². The van der Waals surface area contributed by atoms with E-state index in [0.29, 0.717) is 19.4 Å². The highest BCUT2D eigenvalue weighted by Gasteiger charge is 2.21. The maximum atomic E-state index is 12.0. The normalized spacial score (nSPS) is 16.1. The third-order valence-corrected chi connectivity index (χ3v) is 3.68. The highest BCUT2D eigenvalue weighted by atomic mass is 16.6. The van der Waals surface area contributed by atoms with Gasteiger partial charge in [0.1, 0.15) is 12.7 Å². The summed E-state index contributed by atoms with van der Waals surface area (Å²) in [7, 11) is 0. The van der Waals surface area contributed by atoms with Crippen molar-refractivity contribution in [3.8, 4) is 11.5 Å². The van der Waals surface area contributed by atoms with Gasteiger partial charge in [0.15, 0.2) is 11.5 Å². The van der Waals surface area contributed by atoms with Crippen LogP contribution in [0.2, 0.25) is 0 Å². The first kappa shape index (κ1) is 14.4. The lowest BCUT2D eigenvalue weighted by Gasteiger charge is -2.26. The molecule has 0 spiro atoms. The van der Waals surface area contributed by atoms with E-state index < -0.39 is 0 Å². The minimum atomic E-state index is -0.0856. The molecular weight excluding hydrogens is 278 g/mol. The second-order valence-electron chi connectivity index (χ2n) is 5.40. The largest absolute Gasteiger partial charge is 0.486 e. The average Bonchev–Trinajstić information content (AvgIpc) is 2.55. The standard InChI is InChI=1S/C18H19NO3/c1-13-6-2-3-7-15(13)19-18(20)11-10-14-12-21-16-8-4-5-9-17(16)22-14/h2-9,14H,10-12H2,1H3,(H,19,20). The van der Waals surface area contributed by atoms with Crippen LogP contribution in [-0.2, 0) is 4.79 Å². The maximum Gasteiger partial charge on any atom is 0.224 e. The van der Waals surface area contributed by atoms with E-state index in [0.717, 1.165) is 22.7 Å². The summed E-state index contributed by atoms with van der Waals surface area (Å²) in [6.07, 6.45) is 0.953. The van der Waals surface area contributed by atoms with Crippen LogP contribution < -0.4 is 14.8 Å². The van der Waals surface area contributed by atoms with Crippen LogP contribution in [0.1, 0.15) is 18.4 Å². The second kappa shape index (κ2) is 6.52. The molecule has 0 saturated carbocycles. The smallest absolute Gasteiger partial charge is 0.224 e. The molecule has 1 aliphatic rings. The SMILES string of the molecule is Cc1ccccc1NC(=O)CCC1COc2ccccc2O1. The molecule has 3 rings (SSSR count). The molecule has 4 nitrogen and oxygen atoms in total. The van der Waals surface area contributed by atoms with Crippen LogP contribution in [0.3, 0.4) is 0 Å². The Bertz CT molecular complexity index is 669. The molecule has 2 aromatic carbocycles. The highest BCUT2D eigenvalue weighted by Crippen LogP contribution is 2.31. The Morgan fingerprint density at radius 2 is 1.86 bits per heavy atom. The van der Waals surface area contributed by atoms with Gasteiger partial charge in [0.25, 0.3) is 0 Å². The Morgan fingerprint density at radius 1 is 1.14 bits per heavy atom. The number of benzene rings is 2. The van der Waals surface area contributed by atoms with Gasteiger partial charge < -0.3 is 14.8 Å². The van der Waals surface area contributed by atoms with Crippen LogP contribution in [0.15, 0.2) is 48.5 Å². The Labute approximate surface area is 130 Å². The third kappa shape index (κ3) is 3.39. The first-order valence-electron chi connectivity index (χ1n) is 7.46. The number of rotatable bonds is 4. The Balaban J connectivity index is 1.51. The monoisotopic (exact) mass is 297 g/mol. The number of hydrogen-bond acceptors (Lipinski definition) is 3. The number of fused-ring (bicyclic) bond motifs is 1. The predicted molar refractivity (Wildman–Crippen MR) is 85.4 cm³/mol. The number of anilines is 1. The molecule has 1 heterocycles. The molecule has 114 valence electrons. The summed E-state index contributed by atoms with van der Waals surface area (Å²) in [5.41, 5.74) is 1.92. The van der Waals surface area contributed by atoms with Gasteiger partial charge in [-0.05, 0) is 37.1 Å². The van der Waals surface area contributed by atoms with Gasteiger partial charge in [-0.3, -0.25) is 4.79 Å². The van der Waals surface area contributed by atoms with Gasteiger partial charge >= 0.3 is 0 Å². The zero-order chi connectivity index (χ0) is 15.4. The zero-order valence-corrected chi connectivity index (χ0v) is 12.5. The molecule has 0 bridgehead atoms. The minimum Gasteiger partial charge on any atom is -0.486 e. The number of ether oxygens (including phenoxy) is 2. The third-order valence-electron chi connectivity index (χ3n) is 3.68. The van der Waals surface area contributed by atoms with Crippen LogP contribution in [0.25, 0.3) is 0 Å². The summed E-state index contributed by atoms with van der Waals surface area (Å²) in [4.78, 5) is 12.0. The Kier molecular flexibility index (Phi) is 4.28. The molecule has 1 N–H and O–H groups in total. The van der Waals surface area contributed by atoms with Gasteiger partial charge in [-0.1, -0.05) is 30.3 Å². The van der Waals surface area contributed by atoms with E-state index >= 15 is 0 Å². The van der Waals surface area contributed by atoms with Crippen LogP contribution in [0.5, 0.6) is 11.5 Å². The van der Waals surface area contributed by atoms with E-state index in [2.05, 4.69) is 5.32 Å². The zero-order valence-electron chi connectivity index (χ0n) is 12.5. The minimum absolute atomic E-state index is 0.00300. The summed E-state index contributed by atoms with van der Waals surface area (Å²) >= 11 is 0. The molecule has 0 aliphatic carbocycles. The van der Waals surface area contributed by atoms with E-state index in [1.807, 2.05) is 55.5 Å². The maximum absolute atomic E-state index is 12.0. The number of hydrogen-bond donors (Lipinski definition) is 1. The van der Waals surface area contributed by atoms with E-state index in [-0.39, 0.29) is 12.0 Å². The predicted octanol–water partition coefficient (Wildman–Crippen LogP) is 3.55. The van der Waals surface area contributed by atoms with Crippen molar-refractivity contribution in [3.63, 3.8) is 0 Å². The fraction of sp³-hybridized carbons (Fsp3) is 0.278. The molecule has 0 aromatic heterocycles. The number of para-hydroxylation sites is 3. The Hall–Kier alpha value is -2.49. The highest BCUT2D eigenvalue weighted by molar-refractivity contribution is 5.91. The van der Waals surface area contributed by atoms with Gasteiger partial charge in [0.05, 0.1) is 0 Å². The van der Waals surface area contributed by atoms with Gasteiger partial charge in [-0.15, -0.1) is 0 Å². The van der Waals surface area contributed by atoms with Crippen molar-refractivity contribution in [3.05, 3.63) is 54.1 Å². The topological polar surface area (TPSA) is 47.6 Å². The number of carbonyl (C=O) groups is 1. The summed E-state index contributed by atoms with van der Waals surface area (Å²) in [5.74, 6) is 1.51. The first-order chi connectivity index (χ1) is 10.7. The summed E-state index contributed by atoms with van der Waals surface area (Å²) < 4.78 is 11.5. The van der Waals surface area contributed by atoms with Gasteiger partial charge in [-0.2, -0.15) is 0 Å². The van der Waals surface area contributed by atoms with Crippen molar-refractivity contribution in [2.24, 2.45) is 0 Å². The van der Waals surface area contributed by atoms with Crippen LogP contribution in [0, 0.1) is 6.92 Å². The van der Waals surface area contributed by atoms with Gasteiger partial charge in [0.2, 0.25) is 5.91 Å². The first-order valence-corrected chi connectivity index (χ1v) is 7.46. The number of carbonyl (C=O) groups excluding carboxylic acids is 1. The van der Waals surface area contributed by atoms with Gasteiger partial charge in [-0.25, -0.2) is 0 Å². The van der Waals surface area contributed by atoms with Crippen molar-refractivity contribution < 1.29 is 14.3 Å². The molecule has 1 atom stereocenters. The second-order valence-corrected chi connectivity index (χ2v) is 5.40. The van der Waals surface area contributed by atoms with E-state index in [4.69, 9.17) is 9.47 Å². The quantitative estimate of drug-likeness (QED) is 0.938. The molecule has 2 aromatic rings. The molecule has 1 unspecified atom stereocenters. The molecule has 0 radical (unpaired) electrons. The summed E-state index contributed by atoms with van der Waals surface area (Å²) in [5, 5.41) is 2.93. The lowest BCUT2D eigenvalue weighted by atomic mass is 10.1. The fourth-order valence-electron chi connectivity index (χ4n) is 2.42. The summed E-state index contributed by atoms with van der Waals surface area (Å²) in [6.45, 7) is 2.46. The molecule has 0 fully saturated rings. The van der Waals surface area contributed by atoms with Crippen LogP contribution >= 0.6 is 0 Å². The van der Waals surface area contributed by atoms with Crippen LogP contribution in [0.4, 0.5) is 5.69 Å². The van der Waals surface area contributed by atoms with Crippen LogP contribution in [-0.4, -0.2) is 18.6 Å². The average molecular weight is 297 g/mol. The number of amides is 1. The molecule has 1 aliphatic heterocycles. The van der Waals surface area contributed by atoms with Crippen molar-refractivity contribution in [1.82, 2.24) is 0 Å². The summed E-state index contributed by atoms with van der Waals surface area (Å²) in [6, 6.07) is 15.3. The molecule has 4 heteroatoms. The van der Waals surface area contributed by atoms with Crippen molar-refractivity contribution >= 4 is 11.6 Å². The molecule has 1 amide bonds. The lowest BCUT2D eigenvalue weighted by Crippen LogP contribution is -2.30. The van der Waals surface area contributed by atoms with E-state index in [1.54, 1.807) is 0 Å². The molecular formula is C18H19NO3.